The number of hydrogen-bond donors (Lipinski definition) is 0. The summed E-state index contributed by atoms with van der Waals surface area (Å²) in [5, 5.41) is 9.56. The second kappa shape index (κ2) is 2.57. The molecule has 0 aromatic carbocycles. The molecule has 8 heavy (non-hydrogen) atoms. The molecule has 1 atom stereocenters. The topological polar surface area (TPSA) is 60.2 Å². The molecule has 39 valence electrons. The Morgan fingerprint density at radius 3 is 2.12 bits per heavy atom. The van der Waals surface area contributed by atoms with Crippen LogP contribution in [0.2, 0.25) is 0 Å². The van der Waals surface area contributed by atoms with Gasteiger partial charge in [-0.1, -0.05) is 0 Å². The van der Waals surface area contributed by atoms with E-state index < -0.39 is 11.0 Å². The van der Waals surface area contributed by atoms with E-state index in [4.69, 9.17) is 0 Å². The first-order chi connectivity index (χ1) is 3.22. The van der Waals surface area contributed by atoms with Gasteiger partial charge in [0.1, 0.15) is 0 Å². The van der Waals surface area contributed by atoms with Crippen LogP contribution in [0.4, 0.5) is 0 Å². The van der Waals surface area contributed by atoms with Gasteiger partial charge in [0, 0.05) is 34.5 Å². The molecular formula is C3H3NNaO3. The zero-order valence-corrected chi connectivity index (χ0v) is 6.46. The number of ketones is 1. The van der Waals surface area contributed by atoms with Crippen molar-refractivity contribution < 1.29 is 9.72 Å². The molecule has 1 unspecified atom stereocenters. The van der Waals surface area contributed by atoms with Gasteiger partial charge in [0.15, 0.2) is 0 Å². The summed E-state index contributed by atoms with van der Waals surface area (Å²) < 4.78 is 0. The van der Waals surface area contributed by atoms with E-state index in [1.807, 2.05) is 0 Å². The summed E-state index contributed by atoms with van der Waals surface area (Å²) in [6.45, 7) is 0. The normalized spacial score (nSPS) is 24.0. The van der Waals surface area contributed by atoms with Gasteiger partial charge in [-0.3, -0.25) is 14.9 Å². The molecule has 4 nitrogen and oxygen atoms in total. The van der Waals surface area contributed by atoms with Gasteiger partial charge in [-0.25, -0.2) is 0 Å². The van der Waals surface area contributed by atoms with Crippen molar-refractivity contribution in [1.29, 1.82) is 0 Å². The van der Waals surface area contributed by atoms with E-state index >= 15 is 0 Å². The zero-order valence-electron chi connectivity index (χ0n) is 4.46. The first kappa shape index (κ1) is 8.07. The number of rotatable bonds is 1. The minimum atomic E-state index is -0.847. The third kappa shape index (κ3) is 1.54. The fraction of sp³-hybridized carbons (Fsp3) is 0.667. The van der Waals surface area contributed by atoms with Gasteiger partial charge >= 0.3 is 0 Å². The van der Waals surface area contributed by atoms with Crippen LogP contribution in [0.25, 0.3) is 0 Å². The maximum atomic E-state index is 9.89. The van der Waals surface area contributed by atoms with Crippen molar-refractivity contribution in [2.45, 2.75) is 12.5 Å². The molecule has 0 bridgehead atoms. The first-order valence-electron chi connectivity index (χ1n) is 1.88. The average Bonchev–Trinajstić information content (AvgIpc) is 2.17. The van der Waals surface area contributed by atoms with Crippen molar-refractivity contribution >= 4 is 35.3 Å². The van der Waals surface area contributed by atoms with Gasteiger partial charge in [0.2, 0.25) is 5.78 Å². The Labute approximate surface area is 67.7 Å². The molecule has 1 aliphatic carbocycles. The molecule has 0 N–H and O–H groups in total. The number of hydrogen-bond acceptors (Lipinski definition) is 3. The molecule has 0 aromatic rings. The number of nitrogens with zero attached hydrogens (tertiary/aromatic N) is 1. The van der Waals surface area contributed by atoms with Gasteiger partial charge in [-0.15, -0.1) is 0 Å². The van der Waals surface area contributed by atoms with Crippen LogP contribution in [0.15, 0.2) is 0 Å². The maximum absolute atomic E-state index is 9.89. The molecule has 0 aliphatic heterocycles. The van der Waals surface area contributed by atoms with Gasteiger partial charge in [-0.05, 0) is 0 Å². The molecule has 0 heterocycles. The Bertz CT molecular complexity index is 134. The fourth-order valence-electron chi connectivity index (χ4n) is 0.324. The molecule has 1 rings (SSSR count). The third-order valence-corrected chi connectivity index (χ3v) is 0.861. The van der Waals surface area contributed by atoms with Crippen molar-refractivity contribution in [2.75, 3.05) is 0 Å². The molecule has 0 saturated heterocycles. The van der Waals surface area contributed by atoms with Crippen LogP contribution in [0, 0.1) is 10.1 Å². The predicted octanol–water partition coefficient (Wildman–Crippen LogP) is -0.776. The maximum Gasteiger partial charge on any atom is 0.277 e. The fourth-order valence-corrected chi connectivity index (χ4v) is 0.324. The van der Waals surface area contributed by atoms with Crippen LogP contribution in [0.3, 0.4) is 0 Å². The quantitative estimate of drug-likeness (QED) is 0.262. The monoisotopic (exact) mass is 124 g/mol. The van der Waals surface area contributed by atoms with E-state index in [1.165, 1.54) is 0 Å². The van der Waals surface area contributed by atoms with E-state index in [1.54, 1.807) is 0 Å². The van der Waals surface area contributed by atoms with Crippen LogP contribution < -0.4 is 0 Å². The first-order valence-corrected chi connectivity index (χ1v) is 1.88. The Balaban J connectivity index is 0.000000490. The molecule has 1 saturated carbocycles. The summed E-state index contributed by atoms with van der Waals surface area (Å²) >= 11 is 0. The summed E-state index contributed by atoms with van der Waals surface area (Å²) in [6.07, 6.45) is 0.146. The molecule has 0 amide bonds. The minimum absolute atomic E-state index is 0. The number of carbonyl (C=O) groups excluding carboxylic acids is 1. The number of carbonyl (C=O) groups is 1. The summed E-state index contributed by atoms with van der Waals surface area (Å²) in [5.74, 6) is -0.245. The minimum Gasteiger partial charge on any atom is -0.292 e. The zero-order chi connectivity index (χ0) is 5.44. The molecular weight excluding hydrogens is 121 g/mol. The van der Waals surface area contributed by atoms with Crippen LogP contribution in [0.1, 0.15) is 6.42 Å². The number of nitro groups is 1. The predicted molar refractivity (Wildman–Crippen MR) is 26.2 cm³/mol. The van der Waals surface area contributed by atoms with Crippen molar-refractivity contribution in [2.24, 2.45) is 0 Å². The molecule has 1 fully saturated rings. The van der Waals surface area contributed by atoms with E-state index in [9.17, 15) is 14.9 Å². The molecule has 1 aliphatic rings. The van der Waals surface area contributed by atoms with Crippen molar-refractivity contribution in [3.8, 4) is 0 Å². The SMILES string of the molecule is O=C1CC1[N+](=O)[O-].[Na]. The summed E-state index contributed by atoms with van der Waals surface area (Å²) in [7, 11) is 0. The van der Waals surface area contributed by atoms with Gasteiger partial charge in [0.05, 0.1) is 6.42 Å². The van der Waals surface area contributed by atoms with Gasteiger partial charge < -0.3 is 0 Å². The van der Waals surface area contributed by atoms with E-state index in [0.717, 1.165) is 0 Å². The van der Waals surface area contributed by atoms with Gasteiger partial charge in [0.25, 0.3) is 6.04 Å². The number of Topliss-reactive ketones (excluding diaryl/α,β-unsaturated/α-hetero) is 1. The largest absolute Gasteiger partial charge is 0.292 e. The molecule has 5 heteroatoms. The Morgan fingerprint density at radius 1 is 1.75 bits per heavy atom. The van der Waals surface area contributed by atoms with Crippen LogP contribution in [0.5, 0.6) is 0 Å². The van der Waals surface area contributed by atoms with Crippen molar-refractivity contribution in [3.63, 3.8) is 0 Å². The van der Waals surface area contributed by atoms with Gasteiger partial charge in [-0.2, -0.15) is 0 Å². The summed E-state index contributed by atoms with van der Waals surface area (Å²) in [6, 6.07) is -0.847. The second-order valence-electron chi connectivity index (χ2n) is 1.47. The standard InChI is InChI=1S/C3H3NO3.Na/c5-3-1-2(3)4(6)7;/h2H,1H2;. The smallest absolute Gasteiger partial charge is 0.277 e. The molecule has 1 radical (unpaired) electrons. The van der Waals surface area contributed by atoms with Crippen molar-refractivity contribution in [3.05, 3.63) is 10.1 Å². The van der Waals surface area contributed by atoms with E-state index in [0.29, 0.717) is 0 Å². The Kier molecular flexibility index (Phi) is 2.59. The van der Waals surface area contributed by atoms with Crippen molar-refractivity contribution in [1.82, 2.24) is 0 Å². The van der Waals surface area contributed by atoms with Crippen LogP contribution in [-0.2, 0) is 4.79 Å². The average molecular weight is 124 g/mol. The summed E-state index contributed by atoms with van der Waals surface area (Å²) in [5.41, 5.74) is 0. The van der Waals surface area contributed by atoms with E-state index in [2.05, 4.69) is 0 Å². The van der Waals surface area contributed by atoms with E-state index in [-0.39, 0.29) is 41.8 Å². The second-order valence-corrected chi connectivity index (χ2v) is 1.47. The molecule has 0 aromatic heterocycles. The molecule has 0 spiro atoms. The third-order valence-electron chi connectivity index (χ3n) is 0.861. The summed E-state index contributed by atoms with van der Waals surface area (Å²) in [4.78, 5) is 18.9. The van der Waals surface area contributed by atoms with Crippen LogP contribution in [-0.4, -0.2) is 46.3 Å². The van der Waals surface area contributed by atoms with Crippen LogP contribution >= 0.6 is 0 Å². The Morgan fingerprint density at radius 2 is 2.12 bits per heavy atom. The Hall–Kier alpha value is 0.0700.